The third-order valence-corrected chi connectivity index (χ3v) is 8.54. The third kappa shape index (κ3) is 3.60. The SMILES string of the molecule is CCSC1=C(C=C2N(CC)c3ccccc3N2CC)C(=O)/C1=C/c1sc2ccccc2[n+]1CC. The summed E-state index contributed by atoms with van der Waals surface area (Å²) in [6.07, 6.45) is 4.22. The van der Waals surface area contributed by atoms with Crippen molar-refractivity contribution in [1.29, 1.82) is 0 Å². The molecule has 0 atom stereocenters. The number of ketones is 1. The molecule has 4 nitrogen and oxygen atoms in total. The molecule has 0 unspecified atom stereocenters. The van der Waals surface area contributed by atoms with E-state index in [9.17, 15) is 4.79 Å². The highest BCUT2D eigenvalue weighted by Crippen LogP contribution is 2.45. The Labute approximate surface area is 209 Å². The van der Waals surface area contributed by atoms with Crippen LogP contribution in [0, 0.1) is 0 Å². The van der Waals surface area contributed by atoms with E-state index in [2.05, 4.69) is 103 Å². The lowest BCUT2D eigenvalue weighted by Crippen LogP contribution is -2.34. The normalized spacial score (nSPS) is 16.6. The fourth-order valence-electron chi connectivity index (χ4n) is 4.87. The van der Waals surface area contributed by atoms with Gasteiger partial charge in [0.1, 0.15) is 17.1 Å². The van der Waals surface area contributed by atoms with Gasteiger partial charge in [-0.15, -0.1) is 11.8 Å². The van der Waals surface area contributed by atoms with Crippen LogP contribution in [0.15, 0.2) is 76.5 Å². The lowest BCUT2D eigenvalue weighted by atomic mass is 9.89. The number of thioether (sulfide) groups is 1. The quantitative estimate of drug-likeness (QED) is 0.284. The predicted octanol–water partition coefficient (Wildman–Crippen LogP) is 6.39. The summed E-state index contributed by atoms with van der Waals surface area (Å²) in [5, 5.41) is 1.13. The Balaban J connectivity index is 1.60. The van der Waals surface area contributed by atoms with E-state index in [1.165, 1.54) is 21.6 Å². The molecule has 2 heterocycles. The number of aryl methyl sites for hydroxylation is 1. The third-order valence-electron chi connectivity index (χ3n) is 6.41. The lowest BCUT2D eigenvalue weighted by molar-refractivity contribution is -0.665. The minimum Gasteiger partial charge on any atom is -0.326 e. The Kier molecular flexibility index (Phi) is 6.36. The van der Waals surface area contributed by atoms with Gasteiger partial charge in [-0.1, -0.05) is 42.5 Å². The van der Waals surface area contributed by atoms with Crippen LogP contribution in [-0.2, 0) is 11.3 Å². The summed E-state index contributed by atoms with van der Waals surface area (Å²) < 4.78 is 3.55. The average molecular weight is 489 g/mol. The smallest absolute Gasteiger partial charge is 0.263 e. The van der Waals surface area contributed by atoms with Gasteiger partial charge >= 0.3 is 0 Å². The van der Waals surface area contributed by atoms with Crippen molar-refractivity contribution in [1.82, 2.24) is 0 Å². The Morgan fingerprint density at radius 1 is 0.912 bits per heavy atom. The van der Waals surface area contributed by atoms with Gasteiger partial charge in [-0.25, -0.2) is 0 Å². The fraction of sp³-hybridized carbons (Fsp3) is 0.286. The standard InChI is InChI=1S/C28H30N3OS2/c1-5-29-21-13-9-10-14-22(21)30(6-2)25(29)17-19-27(32)20(28(19)33-8-4)18-26-31(7-3)23-15-11-12-16-24(23)34-26/h9-18H,5-8H2,1-4H3/q+1. The first-order chi connectivity index (χ1) is 16.6. The van der Waals surface area contributed by atoms with E-state index in [1.54, 1.807) is 23.1 Å². The maximum atomic E-state index is 13.5. The maximum Gasteiger partial charge on any atom is 0.263 e. The lowest BCUT2D eigenvalue weighted by Gasteiger charge is -2.27. The van der Waals surface area contributed by atoms with Crippen LogP contribution in [-0.4, -0.2) is 24.6 Å². The number of aromatic nitrogens is 1. The van der Waals surface area contributed by atoms with Gasteiger partial charge in [0.15, 0.2) is 5.78 Å². The number of thiazole rings is 1. The van der Waals surface area contributed by atoms with Gasteiger partial charge in [-0.05, 0) is 50.8 Å². The topological polar surface area (TPSA) is 27.4 Å². The molecule has 1 aliphatic heterocycles. The number of carbonyl (C=O) groups excluding carboxylic acids is 1. The minimum absolute atomic E-state index is 0.145. The molecule has 0 spiro atoms. The zero-order valence-electron chi connectivity index (χ0n) is 20.2. The van der Waals surface area contributed by atoms with Crippen molar-refractivity contribution in [3.05, 3.63) is 81.5 Å². The van der Waals surface area contributed by atoms with E-state index in [1.807, 2.05) is 0 Å². The molecule has 1 aliphatic carbocycles. The van der Waals surface area contributed by atoms with Gasteiger partial charge in [0.25, 0.3) is 5.01 Å². The number of anilines is 2. The van der Waals surface area contributed by atoms with Crippen molar-refractivity contribution in [3.63, 3.8) is 0 Å². The molecule has 0 N–H and O–H groups in total. The number of carbonyl (C=O) groups is 1. The average Bonchev–Trinajstić information content (AvgIpc) is 3.38. The number of benzene rings is 2. The van der Waals surface area contributed by atoms with Crippen LogP contribution in [0.25, 0.3) is 16.3 Å². The zero-order chi connectivity index (χ0) is 23.8. The summed E-state index contributed by atoms with van der Waals surface area (Å²) in [5.41, 5.74) is 5.32. The number of Topliss-reactive ketones (excluding diaryl/α,β-unsaturated/α-hetero) is 1. The zero-order valence-corrected chi connectivity index (χ0v) is 21.8. The molecule has 174 valence electrons. The molecule has 0 fully saturated rings. The van der Waals surface area contributed by atoms with Gasteiger partial charge in [-0.2, -0.15) is 4.57 Å². The largest absolute Gasteiger partial charge is 0.326 e. The number of nitrogens with zero attached hydrogens (tertiary/aromatic N) is 3. The highest BCUT2D eigenvalue weighted by molar-refractivity contribution is 8.03. The molecule has 5 rings (SSSR count). The van der Waals surface area contributed by atoms with Crippen molar-refractivity contribution in [3.8, 4) is 0 Å². The highest BCUT2D eigenvalue weighted by atomic mass is 32.2. The van der Waals surface area contributed by atoms with E-state index >= 15 is 0 Å². The molecule has 1 aromatic heterocycles. The number of hydrogen-bond acceptors (Lipinski definition) is 5. The van der Waals surface area contributed by atoms with Gasteiger partial charge in [0.05, 0.1) is 11.4 Å². The fourth-order valence-corrected chi connectivity index (χ4v) is 6.94. The number of rotatable bonds is 7. The minimum atomic E-state index is 0.145. The molecule has 0 saturated carbocycles. The Morgan fingerprint density at radius 3 is 2.18 bits per heavy atom. The molecule has 2 aliphatic rings. The Bertz CT molecular complexity index is 1330. The molecule has 0 amide bonds. The number of hydrogen-bond donors (Lipinski definition) is 0. The van der Waals surface area contributed by atoms with E-state index in [4.69, 9.17) is 0 Å². The van der Waals surface area contributed by atoms with Crippen LogP contribution in [0.4, 0.5) is 11.4 Å². The molecule has 0 radical (unpaired) electrons. The summed E-state index contributed by atoms with van der Waals surface area (Å²) in [4.78, 5) is 19.2. The van der Waals surface area contributed by atoms with Crippen LogP contribution in [0.5, 0.6) is 0 Å². The number of para-hydroxylation sites is 3. The van der Waals surface area contributed by atoms with Crippen LogP contribution in [0.3, 0.4) is 0 Å². The molecule has 34 heavy (non-hydrogen) atoms. The molecule has 2 aromatic carbocycles. The van der Waals surface area contributed by atoms with E-state index in [0.29, 0.717) is 0 Å². The van der Waals surface area contributed by atoms with Crippen LogP contribution in [0.1, 0.15) is 32.7 Å². The van der Waals surface area contributed by atoms with Crippen molar-refractivity contribution in [2.24, 2.45) is 0 Å². The summed E-state index contributed by atoms with van der Waals surface area (Å²) in [6, 6.07) is 17.0. The maximum absolute atomic E-state index is 13.5. The van der Waals surface area contributed by atoms with Crippen LogP contribution >= 0.6 is 23.1 Å². The van der Waals surface area contributed by atoms with E-state index < -0.39 is 0 Å². The van der Waals surface area contributed by atoms with Gasteiger partial charge in [0, 0.05) is 41.3 Å². The second kappa shape index (κ2) is 9.43. The second-order valence-electron chi connectivity index (χ2n) is 8.20. The first-order valence-corrected chi connectivity index (χ1v) is 13.8. The van der Waals surface area contributed by atoms with Crippen molar-refractivity contribution in [2.75, 3.05) is 28.6 Å². The molecular formula is C28H30N3OS2+. The van der Waals surface area contributed by atoms with E-state index in [-0.39, 0.29) is 5.78 Å². The number of fused-ring (bicyclic) bond motifs is 2. The van der Waals surface area contributed by atoms with Gasteiger partial charge < -0.3 is 9.80 Å². The van der Waals surface area contributed by atoms with Crippen LogP contribution in [0.2, 0.25) is 0 Å². The van der Waals surface area contributed by atoms with Crippen molar-refractivity contribution >= 4 is 56.5 Å². The first-order valence-electron chi connectivity index (χ1n) is 12.0. The molecule has 6 heteroatoms. The highest BCUT2D eigenvalue weighted by Gasteiger charge is 2.37. The van der Waals surface area contributed by atoms with E-state index in [0.717, 1.165) is 52.3 Å². The second-order valence-corrected chi connectivity index (χ2v) is 10.5. The molecule has 0 saturated heterocycles. The van der Waals surface area contributed by atoms with Crippen LogP contribution < -0.4 is 14.4 Å². The summed E-state index contributed by atoms with van der Waals surface area (Å²) >= 11 is 3.52. The monoisotopic (exact) mass is 488 g/mol. The predicted molar refractivity (Wildman–Crippen MR) is 146 cm³/mol. The Morgan fingerprint density at radius 2 is 1.56 bits per heavy atom. The summed E-state index contributed by atoms with van der Waals surface area (Å²) in [6.45, 7) is 11.2. The van der Waals surface area contributed by atoms with Gasteiger partial charge in [-0.3, -0.25) is 4.79 Å². The molecule has 0 bridgehead atoms. The summed E-state index contributed by atoms with van der Waals surface area (Å²) in [5.74, 6) is 2.17. The van der Waals surface area contributed by atoms with Crippen molar-refractivity contribution < 1.29 is 9.36 Å². The van der Waals surface area contributed by atoms with Crippen molar-refractivity contribution in [2.45, 2.75) is 34.2 Å². The number of allylic oxidation sites excluding steroid dienone is 3. The molecular weight excluding hydrogens is 458 g/mol. The molecule has 3 aromatic rings. The first kappa shape index (κ1) is 22.9. The Hall–Kier alpha value is -2.83. The summed E-state index contributed by atoms with van der Waals surface area (Å²) in [7, 11) is 0. The van der Waals surface area contributed by atoms with Gasteiger partial charge in [0.2, 0.25) is 5.52 Å².